The van der Waals surface area contributed by atoms with Gasteiger partial charge < -0.3 is 19.5 Å². The number of hydrogen-bond acceptors (Lipinski definition) is 4. The molecule has 1 N–H and O–H groups in total. The van der Waals surface area contributed by atoms with Gasteiger partial charge in [-0.25, -0.2) is 4.98 Å². The third kappa shape index (κ3) is 5.19. The zero-order valence-electron chi connectivity index (χ0n) is 20.8. The molecular weight excluding hydrogens is 436 g/mol. The van der Waals surface area contributed by atoms with Gasteiger partial charge in [-0.05, 0) is 75.9 Å². The van der Waals surface area contributed by atoms with Crippen LogP contribution in [0, 0.1) is 6.92 Å². The number of nitrogens with zero attached hydrogens (tertiary/aromatic N) is 3. The maximum Gasteiger partial charge on any atom is 0.254 e. The summed E-state index contributed by atoms with van der Waals surface area (Å²) in [5.74, 6) is 1.08. The number of carbonyl (C=O) groups excluding carboxylic acids is 1. The Morgan fingerprint density at radius 2 is 1.97 bits per heavy atom. The van der Waals surface area contributed by atoms with Crippen molar-refractivity contribution in [3.8, 4) is 0 Å². The normalized spacial score (nSPS) is 21.7. The van der Waals surface area contributed by atoms with Gasteiger partial charge in [-0.2, -0.15) is 0 Å². The SMILES string of the molecule is CCN(C(=O)c1cccc(Cn2ccnc2C)c1)[C@@H]1C[C@H](c2ccccc2)OC2(CCNCC2)C1. The van der Waals surface area contributed by atoms with E-state index in [1.54, 1.807) is 0 Å². The van der Waals surface area contributed by atoms with Gasteiger partial charge in [0.25, 0.3) is 5.91 Å². The van der Waals surface area contributed by atoms with Crippen LogP contribution < -0.4 is 5.32 Å². The molecule has 2 aliphatic rings. The van der Waals surface area contributed by atoms with Crippen LogP contribution in [0.1, 0.15) is 66.0 Å². The van der Waals surface area contributed by atoms with Gasteiger partial charge in [0.05, 0.1) is 11.7 Å². The molecule has 6 nitrogen and oxygen atoms in total. The van der Waals surface area contributed by atoms with Crippen LogP contribution >= 0.6 is 0 Å². The molecule has 3 heterocycles. The van der Waals surface area contributed by atoms with Gasteiger partial charge in [-0.15, -0.1) is 0 Å². The molecule has 2 aromatic carbocycles. The van der Waals surface area contributed by atoms with Gasteiger partial charge in [0.1, 0.15) is 5.82 Å². The predicted molar refractivity (Wildman–Crippen MR) is 137 cm³/mol. The zero-order valence-corrected chi connectivity index (χ0v) is 20.8. The smallest absolute Gasteiger partial charge is 0.254 e. The van der Waals surface area contributed by atoms with Crippen LogP contribution in [-0.2, 0) is 11.3 Å². The van der Waals surface area contributed by atoms with E-state index in [4.69, 9.17) is 4.74 Å². The quantitative estimate of drug-likeness (QED) is 0.563. The van der Waals surface area contributed by atoms with E-state index in [1.807, 2.05) is 43.6 Å². The second-order valence-corrected chi connectivity index (χ2v) is 9.94. The van der Waals surface area contributed by atoms with Crippen molar-refractivity contribution in [3.63, 3.8) is 0 Å². The molecule has 0 saturated carbocycles. The number of aryl methyl sites for hydroxylation is 1. The summed E-state index contributed by atoms with van der Waals surface area (Å²) in [6.45, 7) is 7.41. The van der Waals surface area contributed by atoms with E-state index in [9.17, 15) is 4.79 Å². The van der Waals surface area contributed by atoms with E-state index in [-0.39, 0.29) is 23.7 Å². The summed E-state index contributed by atoms with van der Waals surface area (Å²) in [5.41, 5.74) is 2.89. The van der Waals surface area contributed by atoms with E-state index < -0.39 is 0 Å². The zero-order chi connectivity index (χ0) is 24.3. The Kier molecular flexibility index (Phi) is 7.02. The molecule has 3 aromatic rings. The summed E-state index contributed by atoms with van der Waals surface area (Å²) in [6.07, 6.45) is 7.49. The molecule has 0 aliphatic carbocycles. The molecule has 5 rings (SSSR count). The number of benzene rings is 2. The first-order chi connectivity index (χ1) is 17.1. The lowest BCUT2D eigenvalue weighted by Crippen LogP contribution is -2.54. The minimum Gasteiger partial charge on any atom is -0.367 e. The van der Waals surface area contributed by atoms with Crippen molar-refractivity contribution in [1.29, 1.82) is 0 Å². The number of piperidine rings is 1. The van der Waals surface area contributed by atoms with Crippen molar-refractivity contribution >= 4 is 5.91 Å². The van der Waals surface area contributed by atoms with Gasteiger partial charge in [0.15, 0.2) is 0 Å². The van der Waals surface area contributed by atoms with Gasteiger partial charge in [-0.3, -0.25) is 4.79 Å². The van der Waals surface area contributed by atoms with Gasteiger partial charge in [0, 0.05) is 37.1 Å². The molecule has 1 aromatic heterocycles. The molecule has 2 fully saturated rings. The Morgan fingerprint density at radius 3 is 2.69 bits per heavy atom. The van der Waals surface area contributed by atoms with Gasteiger partial charge in [0.2, 0.25) is 0 Å². The molecule has 184 valence electrons. The molecule has 1 amide bonds. The number of nitrogens with one attached hydrogen (secondary N) is 1. The monoisotopic (exact) mass is 472 g/mol. The molecule has 0 bridgehead atoms. The Balaban J connectivity index is 1.40. The summed E-state index contributed by atoms with van der Waals surface area (Å²) in [6, 6.07) is 18.7. The highest BCUT2D eigenvalue weighted by atomic mass is 16.5. The number of rotatable bonds is 6. The molecule has 35 heavy (non-hydrogen) atoms. The lowest BCUT2D eigenvalue weighted by atomic mass is 9.79. The maximum absolute atomic E-state index is 13.9. The highest BCUT2D eigenvalue weighted by molar-refractivity contribution is 5.94. The van der Waals surface area contributed by atoms with Crippen LogP contribution in [0.3, 0.4) is 0 Å². The lowest BCUT2D eigenvalue weighted by Gasteiger charge is -2.49. The van der Waals surface area contributed by atoms with Crippen molar-refractivity contribution in [2.75, 3.05) is 19.6 Å². The molecule has 6 heteroatoms. The summed E-state index contributed by atoms with van der Waals surface area (Å²) >= 11 is 0. The standard InChI is InChI=1S/C29H36N4O2/c1-3-33(28(34)25-11-7-8-23(18-25)21-32-17-16-31-22(32)2)26-19-27(24-9-5-4-6-10-24)35-29(20-26)12-14-30-15-13-29/h4-11,16-18,26-27,30H,3,12-15,19-21H2,1-2H3/t26-,27-/m1/s1. The van der Waals surface area contributed by atoms with Crippen LogP contribution in [0.4, 0.5) is 0 Å². The largest absolute Gasteiger partial charge is 0.367 e. The van der Waals surface area contributed by atoms with Crippen LogP contribution in [0.15, 0.2) is 67.0 Å². The fraction of sp³-hybridized carbons (Fsp3) is 0.448. The minimum absolute atomic E-state index is 0.00505. The number of ether oxygens (including phenoxy) is 1. The number of hydrogen-bond donors (Lipinski definition) is 1. The lowest BCUT2D eigenvalue weighted by molar-refractivity contribution is -0.162. The number of imidazole rings is 1. The number of aromatic nitrogens is 2. The van der Waals surface area contributed by atoms with E-state index in [2.05, 4.69) is 57.0 Å². The summed E-state index contributed by atoms with van der Waals surface area (Å²) in [5, 5.41) is 3.48. The molecule has 0 unspecified atom stereocenters. The van der Waals surface area contributed by atoms with E-state index >= 15 is 0 Å². The van der Waals surface area contributed by atoms with Crippen molar-refractivity contribution in [2.24, 2.45) is 0 Å². The maximum atomic E-state index is 13.9. The van der Waals surface area contributed by atoms with Crippen LogP contribution in [0.2, 0.25) is 0 Å². The van der Waals surface area contributed by atoms with Crippen LogP contribution in [0.25, 0.3) is 0 Å². The molecule has 2 aliphatic heterocycles. The second kappa shape index (κ2) is 10.3. The number of carbonyl (C=O) groups is 1. The Labute approximate surface area is 208 Å². The van der Waals surface area contributed by atoms with Gasteiger partial charge in [-0.1, -0.05) is 42.5 Å². The molecule has 0 radical (unpaired) electrons. The topological polar surface area (TPSA) is 59.4 Å². The highest BCUT2D eigenvalue weighted by Crippen LogP contribution is 2.43. The third-order valence-electron chi connectivity index (χ3n) is 7.66. The molecule has 1 spiro atoms. The molecule has 2 saturated heterocycles. The number of amides is 1. The van der Waals surface area contributed by atoms with Crippen LogP contribution in [0.5, 0.6) is 0 Å². The van der Waals surface area contributed by atoms with E-state index in [0.29, 0.717) is 13.1 Å². The minimum atomic E-state index is -0.177. The highest BCUT2D eigenvalue weighted by Gasteiger charge is 2.45. The fourth-order valence-corrected chi connectivity index (χ4v) is 5.78. The first kappa shape index (κ1) is 23.8. The molecule has 2 atom stereocenters. The van der Waals surface area contributed by atoms with Crippen molar-refractivity contribution in [3.05, 3.63) is 89.5 Å². The average molecular weight is 473 g/mol. The van der Waals surface area contributed by atoms with E-state index in [1.165, 1.54) is 5.56 Å². The van der Waals surface area contributed by atoms with E-state index in [0.717, 1.165) is 55.7 Å². The fourth-order valence-electron chi connectivity index (χ4n) is 5.78. The van der Waals surface area contributed by atoms with Crippen molar-refractivity contribution in [2.45, 2.75) is 63.8 Å². The summed E-state index contributed by atoms with van der Waals surface area (Å²) in [7, 11) is 0. The first-order valence-corrected chi connectivity index (χ1v) is 12.9. The molecular formula is C29H36N4O2. The first-order valence-electron chi connectivity index (χ1n) is 12.9. The average Bonchev–Trinajstić information content (AvgIpc) is 3.29. The second-order valence-electron chi connectivity index (χ2n) is 9.94. The Bertz CT molecular complexity index is 1140. The Morgan fingerprint density at radius 1 is 1.17 bits per heavy atom. The third-order valence-corrected chi connectivity index (χ3v) is 7.66. The van der Waals surface area contributed by atoms with Crippen molar-refractivity contribution < 1.29 is 9.53 Å². The Hall–Kier alpha value is -2.96. The summed E-state index contributed by atoms with van der Waals surface area (Å²) < 4.78 is 8.92. The van der Waals surface area contributed by atoms with Gasteiger partial charge >= 0.3 is 0 Å². The van der Waals surface area contributed by atoms with Crippen LogP contribution in [-0.4, -0.2) is 51.6 Å². The summed E-state index contributed by atoms with van der Waals surface area (Å²) in [4.78, 5) is 20.3. The predicted octanol–water partition coefficient (Wildman–Crippen LogP) is 4.74. The van der Waals surface area contributed by atoms with Crippen molar-refractivity contribution in [1.82, 2.24) is 19.8 Å².